The number of benzene rings is 1. The summed E-state index contributed by atoms with van der Waals surface area (Å²) in [6.07, 6.45) is 7.81. The van der Waals surface area contributed by atoms with Gasteiger partial charge >= 0.3 is 0 Å². The fraction of sp³-hybridized carbons (Fsp3) is 0.727. The van der Waals surface area contributed by atoms with Gasteiger partial charge in [0.15, 0.2) is 11.5 Å². The summed E-state index contributed by atoms with van der Waals surface area (Å²) in [7, 11) is 0. The van der Waals surface area contributed by atoms with Crippen LogP contribution in [0.15, 0.2) is 18.2 Å². The van der Waals surface area contributed by atoms with Crippen LogP contribution in [0, 0.1) is 17.8 Å². The normalized spacial score (nSPS) is 22.3. The second kappa shape index (κ2) is 9.61. The van der Waals surface area contributed by atoms with Crippen molar-refractivity contribution in [1.29, 1.82) is 0 Å². The molecule has 1 aliphatic carbocycles. The van der Waals surface area contributed by atoms with E-state index in [-0.39, 0.29) is 0 Å². The second-order valence-corrected chi connectivity index (χ2v) is 8.19. The van der Waals surface area contributed by atoms with Crippen molar-refractivity contribution in [2.45, 2.75) is 58.9 Å². The third-order valence-corrected chi connectivity index (χ3v) is 6.33. The van der Waals surface area contributed by atoms with Gasteiger partial charge in [0.25, 0.3) is 0 Å². The third-order valence-electron chi connectivity index (χ3n) is 6.33. The van der Waals surface area contributed by atoms with Crippen molar-refractivity contribution in [1.82, 2.24) is 4.90 Å². The van der Waals surface area contributed by atoms with Crippen LogP contribution in [0.25, 0.3) is 0 Å². The molecule has 1 heterocycles. The van der Waals surface area contributed by atoms with Gasteiger partial charge in [0.05, 0.1) is 0 Å². The summed E-state index contributed by atoms with van der Waals surface area (Å²) in [6.45, 7) is 9.26. The molecule has 3 rings (SSSR count). The predicted molar refractivity (Wildman–Crippen MR) is 106 cm³/mol. The lowest BCUT2D eigenvalue weighted by Crippen LogP contribution is -2.35. The molecule has 0 amide bonds. The maximum absolute atomic E-state index is 5.87. The average molecular weight is 361 g/mol. The largest absolute Gasteiger partial charge is 0.454 e. The number of hydrogen-bond acceptors (Lipinski definition) is 4. The van der Waals surface area contributed by atoms with Crippen molar-refractivity contribution in [3.8, 4) is 11.5 Å². The van der Waals surface area contributed by atoms with E-state index in [9.17, 15) is 0 Å². The zero-order valence-corrected chi connectivity index (χ0v) is 16.6. The summed E-state index contributed by atoms with van der Waals surface area (Å²) < 4.78 is 11.0. The van der Waals surface area contributed by atoms with Gasteiger partial charge in [0, 0.05) is 19.6 Å². The van der Waals surface area contributed by atoms with E-state index in [0.717, 1.165) is 42.3 Å². The summed E-state index contributed by atoms with van der Waals surface area (Å²) in [5.74, 6) is 4.13. The van der Waals surface area contributed by atoms with Crippen LogP contribution >= 0.6 is 0 Å². The summed E-state index contributed by atoms with van der Waals surface area (Å²) >= 11 is 0. The number of ether oxygens (including phenoxy) is 2. The minimum absolute atomic E-state index is 0.348. The van der Waals surface area contributed by atoms with Crippen LogP contribution in [-0.4, -0.2) is 31.3 Å². The van der Waals surface area contributed by atoms with Crippen molar-refractivity contribution < 1.29 is 9.47 Å². The Morgan fingerprint density at radius 3 is 2.42 bits per heavy atom. The Labute approximate surface area is 159 Å². The first-order valence-electron chi connectivity index (χ1n) is 10.5. The number of hydrogen-bond donors (Lipinski definition) is 1. The minimum Gasteiger partial charge on any atom is -0.454 e. The third kappa shape index (κ3) is 5.14. The first-order chi connectivity index (χ1) is 12.7. The van der Waals surface area contributed by atoms with Crippen LogP contribution in [0.4, 0.5) is 0 Å². The Morgan fingerprint density at radius 1 is 1.04 bits per heavy atom. The lowest BCUT2D eigenvalue weighted by Gasteiger charge is -2.34. The van der Waals surface area contributed by atoms with Crippen LogP contribution in [0.1, 0.15) is 57.9 Å². The molecule has 4 nitrogen and oxygen atoms in total. The van der Waals surface area contributed by atoms with Crippen molar-refractivity contribution in [3.63, 3.8) is 0 Å². The summed E-state index contributed by atoms with van der Waals surface area (Å²) in [5, 5.41) is 0. The molecule has 2 aliphatic rings. The van der Waals surface area contributed by atoms with Gasteiger partial charge in [-0.3, -0.25) is 4.90 Å². The molecule has 26 heavy (non-hydrogen) atoms. The fourth-order valence-corrected chi connectivity index (χ4v) is 4.43. The van der Waals surface area contributed by atoms with E-state index in [1.807, 2.05) is 0 Å². The van der Waals surface area contributed by atoms with Crippen molar-refractivity contribution in [2.24, 2.45) is 23.5 Å². The topological polar surface area (TPSA) is 47.7 Å². The van der Waals surface area contributed by atoms with Crippen LogP contribution in [-0.2, 0) is 6.54 Å². The van der Waals surface area contributed by atoms with E-state index in [1.165, 1.54) is 57.2 Å². The zero-order chi connectivity index (χ0) is 18.4. The number of fused-ring (bicyclic) bond motifs is 1. The average Bonchev–Trinajstić information content (AvgIpc) is 3.14. The van der Waals surface area contributed by atoms with Gasteiger partial charge in [-0.05, 0) is 67.7 Å². The molecule has 0 spiro atoms. The predicted octanol–water partition coefficient (Wildman–Crippen LogP) is 4.42. The number of rotatable bonds is 9. The molecule has 0 atom stereocenters. The van der Waals surface area contributed by atoms with E-state index in [4.69, 9.17) is 15.2 Å². The molecular weight excluding hydrogens is 324 g/mol. The Morgan fingerprint density at radius 2 is 1.73 bits per heavy atom. The summed E-state index contributed by atoms with van der Waals surface area (Å²) in [6, 6.07) is 6.41. The number of nitrogens with two attached hydrogens (primary N) is 1. The first-order valence-corrected chi connectivity index (χ1v) is 10.5. The fourth-order valence-electron chi connectivity index (χ4n) is 4.43. The molecule has 1 aromatic rings. The molecule has 0 aromatic heterocycles. The first kappa shape index (κ1) is 19.5. The highest BCUT2D eigenvalue weighted by Gasteiger charge is 2.24. The van der Waals surface area contributed by atoms with Gasteiger partial charge in [-0.2, -0.15) is 0 Å². The van der Waals surface area contributed by atoms with E-state index in [2.05, 4.69) is 36.9 Å². The van der Waals surface area contributed by atoms with E-state index in [0.29, 0.717) is 6.79 Å². The summed E-state index contributed by atoms with van der Waals surface area (Å²) in [5.41, 5.74) is 7.20. The van der Waals surface area contributed by atoms with Gasteiger partial charge in [-0.15, -0.1) is 0 Å². The molecule has 1 fully saturated rings. The van der Waals surface area contributed by atoms with Gasteiger partial charge in [-0.1, -0.05) is 32.8 Å². The highest BCUT2D eigenvalue weighted by Crippen LogP contribution is 2.34. The molecule has 1 aromatic carbocycles. The monoisotopic (exact) mass is 360 g/mol. The molecule has 2 N–H and O–H groups in total. The van der Waals surface area contributed by atoms with E-state index < -0.39 is 0 Å². The van der Waals surface area contributed by atoms with Crippen molar-refractivity contribution in [2.75, 3.05) is 26.4 Å². The second-order valence-electron chi connectivity index (χ2n) is 8.19. The van der Waals surface area contributed by atoms with Crippen LogP contribution in [0.3, 0.4) is 0 Å². The quantitative estimate of drug-likeness (QED) is 0.708. The van der Waals surface area contributed by atoms with Crippen LogP contribution < -0.4 is 15.2 Å². The molecule has 0 radical (unpaired) electrons. The molecule has 0 unspecified atom stereocenters. The molecule has 4 heteroatoms. The standard InChI is InChI=1S/C22H36N2O2/c1-3-17(4-2)13-24(14-19-7-5-18(12-23)6-8-19)15-20-9-10-21-22(11-20)26-16-25-21/h9-11,17-19H,3-8,12-16,23H2,1-2H3. The zero-order valence-electron chi connectivity index (χ0n) is 16.6. The smallest absolute Gasteiger partial charge is 0.231 e. The van der Waals surface area contributed by atoms with Gasteiger partial charge in [0.1, 0.15) is 0 Å². The van der Waals surface area contributed by atoms with Crippen LogP contribution in [0.2, 0.25) is 0 Å². The Hall–Kier alpha value is -1.26. The Bertz CT molecular complexity index is 551. The summed E-state index contributed by atoms with van der Waals surface area (Å²) in [4.78, 5) is 2.68. The molecule has 1 saturated carbocycles. The SMILES string of the molecule is CCC(CC)CN(Cc1ccc2c(c1)OCO2)CC1CCC(CN)CC1. The molecular formula is C22H36N2O2. The molecule has 146 valence electrons. The molecule has 0 saturated heterocycles. The van der Waals surface area contributed by atoms with Gasteiger partial charge in [-0.25, -0.2) is 0 Å². The molecule has 1 aliphatic heterocycles. The van der Waals surface area contributed by atoms with E-state index >= 15 is 0 Å². The maximum Gasteiger partial charge on any atom is 0.231 e. The Balaban J connectivity index is 1.63. The minimum atomic E-state index is 0.348. The molecule has 0 bridgehead atoms. The lowest BCUT2D eigenvalue weighted by atomic mass is 9.81. The van der Waals surface area contributed by atoms with E-state index in [1.54, 1.807) is 0 Å². The Kier molecular flexibility index (Phi) is 7.21. The maximum atomic E-state index is 5.87. The van der Waals surface area contributed by atoms with Gasteiger partial charge < -0.3 is 15.2 Å². The highest BCUT2D eigenvalue weighted by atomic mass is 16.7. The van der Waals surface area contributed by atoms with Crippen LogP contribution in [0.5, 0.6) is 11.5 Å². The van der Waals surface area contributed by atoms with Crippen molar-refractivity contribution >= 4 is 0 Å². The number of nitrogens with zero attached hydrogens (tertiary/aromatic N) is 1. The highest BCUT2D eigenvalue weighted by molar-refractivity contribution is 5.44. The lowest BCUT2D eigenvalue weighted by molar-refractivity contribution is 0.153. The van der Waals surface area contributed by atoms with Gasteiger partial charge in [0.2, 0.25) is 6.79 Å². The van der Waals surface area contributed by atoms with Crippen molar-refractivity contribution in [3.05, 3.63) is 23.8 Å².